The lowest BCUT2D eigenvalue weighted by Gasteiger charge is -2.41. The Kier molecular flexibility index (Phi) is 3.16. The topological polar surface area (TPSA) is 29.3 Å². The fraction of sp³-hybridized carbons (Fsp3) is 0.625. The highest BCUT2D eigenvalue weighted by atomic mass is 15.1. The predicted molar refractivity (Wildman–Crippen MR) is 75.9 cm³/mol. The zero-order valence-electron chi connectivity index (χ0n) is 11.4. The van der Waals surface area contributed by atoms with E-state index in [1.165, 1.54) is 49.9 Å². The molecule has 2 heteroatoms. The van der Waals surface area contributed by atoms with Gasteiger partial charge in [0, 0.05) is 18.5 Å². The maximum Gasteiger partial charge on any atom is 0.00755 e. The summed E-state index contributed by atoms with van der Waals surface area (Å²) in [7, 11) is 2.21. The van der Waals surface area contributed by atoms with Gasteiger partial charge in [0.25, 0.3) is 0 Å². The summed E-state index contributed by atoms with van der Waals surface area (Å²) in [6.45, 7) is 3.25. The minimum atomic E-state index is 0.311. The third-order valence-corrected chi connectivity index (χ3v) is 5.09. The van der Waals surface area contributed by atoms with Gasteiger partial charge in [-0.1, -0.05) is 30.7 Å². The van der Waals surface area contributed by atoms with Crippen molar-refractivity contribution in [2.24, 2.45) is 5.73 Å². The number of benzene rings is 1. The van der Waals surface area contributed by atoms with E-state index < -0.39 is 0 Å². The van der Waals surface area contributed by atoms with Crippen molar-refractivity contribution in [3.05, 3.63) is 35.4 Å². The predicted octanol–water partition coefficient (Wildman–Crippen LogP) is 2.49. The molecule has 98 valence electrons. The molecule has 2 aliphatic rings. The molecule has 1 aliphatic heterocycles. The van der Waals surface area contributed by atoms with E-state index in [-0.39, 0.29) is 0 Å². The molecule has 3 rings (SSSR count). The Morgan fingerprint density at radius 1 is 1.28 bits per heavy atom. The van der Waals surface area contributed by atoms with E-state index in [0.29, 0.717) is 5.41 Å². The maximum absolute atomic E-state index is 5.97. The Bertz CT molecular complexity index is 400. The van der Waals surface area contributed by atoms with E-state index >= 15 is 0 Å². The van der Waals surface area contributed by atoms with Crippen molar-refractivity contribution in [1.82, 2.24) is 4.90 Å². The van der Waals surface area contributed by atoms with Crippen LogP contribution in [0.3, 0.4) is 0 Å². The Morgan fingerprint density at radius 3 is 2.44 bits per heavy atom. The molecular weight excluding hydrogens is 220 g/mol. The number of nitrogens with two attached hydrogens (primary N) is 1. The van der Waals surface area contributed by atoms with Crippen molar-refractivity contribution in [3.8, 4) is 0 Å². The monoisotopic (exact) mass is 244 g/mol. The second-order valence-corrected chi connectivity index (χ2v) is 6.21. The molecule has 2 fully saturated rings. The van der Waals surface area contributed by atoms with Gasteiger partial charge in [0.2, 0.25) is 0 Å². The molecule has 0 bridgehead atoms. The Morgan fingerprint density at radius 2 is 2.00 bits per heavy atom. The van der Waals surface area contributed by atoms with Crippen LogP contribution >= 0.6 is 0 Å². The number of likely N-dealkylation sites (tertiary alicyclic amines) is 1. The molecule has 1 saturated heterocycles. The second kappa shape index (κ2) is 4.67. The van der Waals surface area contributed by atoms with E-state index in [9.17, 15) is 0 Å². The van der Waals surface area contributed by atoms with Crippen LogP contribution in [0.5, 0.6) is 0 Å². The number of likely N-dealkylation sites (N-methyl/N-ethyl adjacent to an activating group) is 1. The minimum absolute atomic E-state index is 0.311. The molecule has 2 nitrogen and oxygen atoms in total. The summed E-state index contributed by atoms with van der Waals surface area (Å²) in [5, 5.41) is 0. The number of rotatable bonds is 3. The average molecular weight is 244 g/mol. The van der Waals surface area contributed by atoms with Gasteiger partial charge in [-0.15, -0.1) is 0 Å². The molecule has 1 aromatic rings. The lowest BCUT2D eigenvalue weighted by atomic mass is 9.64. The van der Waals surface area contributed by atoms with Gasteiger partial charge in [0.05, 0.1) is 0 Å². The molecule has 0 radical (unpaired) electrons. The second-order valence-electron chi connectivity index (χ2n) is 6.21. The van der Waals surface area contributed by atoms with Crippen LogP contribution in [-0.4, -0.2) is 31.6 Å². The summed E-state index contributed by atoms with van der Waals surface area (Å²) in [6, 6.07) is 9.35. The van der Waals surface area contributed by atoms with Crippen LogP contribution in [-0.2, 0) is 5.41 Å². The average Bonchev–Trinajstić information content (AvgIpc) is 2.76. The van der Waals surface area contributed by atoms with Crippen LogP contribution in [0.2, 0.25) is 0 Å². The molecule has 1 aromatic carbocycles. The van der Waals surface area contributed by atoms with Crippen molar-refractivity contribution in [3.63, 3.8) is 0 Å². The quantitative estimate of drug-likeness (QED) is 0.885. The van der Waals surface area contributed by atoms with Gasteiger partial charge >= 0.3 is 0 Å². The van der Waals surface area contributed by atoms with Crippen LogP contribution in [0, 0.1) is 0 Å². The molecule has 18 heavy (non-hydrogen) atoms. The molecule has 1 unspecified atom stereocenters. The third-order valence-electron chi connectivity index (χ3n) is 5.09. The first-order chi connectivity index (χ1) is 8.73. The van der Waals surface area contributed by atoms with Gasteiger partial charge < -0.3 is 10.6 Å². The summed E-state index contributed by atoms with van der Waals surface area (Å²) >= 11 is 0. The number of hydrogen-bond donors (Lipinski definition) is 1. The van der Waals surface area contributed by atoms with Crippen LogP contribution < -0.4 is 5.73 Å². The Labute approximate surface area is 110 Å². The molecule has 1 saturated carbocycles. The summed E-state index contributed by atoms with van der Waals surface area (Å²) in [5.41, 5.74) is 9.26. The first-order valence-electron chi connectivity index (χ1n) is 7.23. The minimum Gasteiger partial charge on any atom is -0.330 e. The fourth-order valence-corrected chi connectivity index (χ4v) is 3.53. The summed E-state index contributed by atoms with van der Waals surface area (Å²) in [5.74, 6) is 0.735. The van der Waals surface area contributed by atoms with Gasteiger partial charge in [-0.05, 0) is 49.9 Å². The fourth-order valence-electron chi connectivity index (χ4n) is 3.53. The normalized spacial score (nSPS) is 27.1. The van der Waals surface area contributed by atoms with Crippen LogP contribution in [0.1, 0.15) is 42.7 Å². The van der Waals surface area contributed by atoms with Gasteiger partial charge in [0.15, 0.2) is 0 Å². The Balaban J connectivity index is 1.77. The molecular formula is C16H24N2. The van der Waals surface area contributed by atoms with Crippen molar-refractivity contribution in [1.29, 1.82) is 0 Å². The lowest BCUT2D eigenvalue weighted by Crippen LogP contribution is -2.41. The van der Waals surface area contributed by atoms with E-state index in [0.717, 1.165) is 12.5 Å². The summed E-state index contributed by atoms with van der Waals surface area (Å²) < 4.78 is 0. The molecule has 1 atom stereocenters. The van der Waals surface area contributed by atoms with Gasteiger partial charge in [-0.3, -0.25) is 0 Å². The smallest absolute Gasteiger partial charge is 0.00755 e. The largest absolute Gasteiger partial charge is 0.330 e. The van der Waals surface area contributed by atoms with Gasteiger partial charge in [-0.25, -0.2) is 0 Å². The standard InChI is InChI=1S/C16H24N2/c1-18-10-7-14(11-18)13-3-5-15(6-4-13)16(12-17)8-2-9-16/h3-6,14H,2,7-12,17H2,1H3. The maximum atomic E-state index is 5.97. The molecule has 0 aromatic heterocycles. The molecule has 1 aliphatic carbocycles. The highest BCUT2D eigenvalue weighted by Crippen LogP contribution is 2.43. The molecule has 0 spiro atoms. The number of nitrogens with zero attached hydrogens (tertiary/aromatic N) is 1. The van der Waals surface area contributed by atoms with Crippen LogP contribution in [0.4, 0.5) is 0 Å². The van der Waals surface area contributed by atoms with E-state index in [4.69, 9.17) is 5.73 Å². The first-order valence-corrected chi connectivity index (χ1v) is 7.23. The van der Waals surface area contributed by atoms with Crippen molar-refractivity contribution in [2.75, 3.05) is 26.7 Å². The van der Waals surface area contributed by atoms with Gasteiger partial charge in [0.1, 0.15) is 0 Å². The zero-order chi connectivity index (χ0) is 12.6. The zero-order valence-corrected chi connectivity index (χ0v) is 11.4. The van der Waals surface area contributed by atoms with Crippen molar-refractivity contribution < 1.29 is 0 Å². The van der Waals surface area contributed by atoms with Crippen molar-refractivity contribution >= 4 is 0 Å². The first kappa shape index (κ1) is 12.2. The van der Waals surface area contributed by atoms with E-state index in [1.54, 1.807) is 0 Å². The highest BCUT2D eigenvalue weighted by molar-refractivity contribution is 5.33. The van der Waals surface area contributed by atoms with Gasteiger partial charge in [-0.2, -0.15) is 0 Å². The summed E-state index contributed by atoms with van der Waals surface area (Å²) in [6.07, 6.45) is 5.19. The SMILES string of the molecule is CN1CCC(c2ccc(C3(CN)CCC3)cc2)C1. The Hall–Kier alpha value is -0.860. The van der Waals surface area contributed by atoms with E-state index in [1.807, 2.05) is 0 Å². The van der Waals surface area contributed by atoms with Crippen LogP contribution in [0.25, 0.3) is 0 Å². The summed E-state index contributed by atoms with van der Waals surface area (Å²) in [4.78, 5) is 2.42. The molecule has 2 N–H and O–H groups in total. The molecule has 1 heterocycles. The van der Waals surface area contributed by atoms with Crippen LogP contribution in [0.15, 0.2) is 24.3 Å². The third kappa shape index (κ3) is 1.98. The lowest BCUT2D eigenvalue weighted by molar-refractivity contribution is 0.253. The number of hydrogen-bond acceptors (Lipinski definition) is 2. The molecule has 0 amide bonds. The highest BCUT2D eigenvalue weighted by Gasteiger charge is 2.37. The van der Waals surface area contributed by atoms with Crippen molar-refractivity contribution in [2.45, 2.75) is 37.0 Å². The van der Waals surface area contributed by atoms with E-state index in [2.05, 4.69) is 36.2 Å².